The number of rotatable bonds is 2. The molecule has 0 saturated carbocycles. The molecule has 0 radical (unpaired) electrons. The van der Waals surface area contributed by atoms with Crippen molar-refractivity contribution in [2.75, 3.05) is 5.32 Å². The first kappa shape index (κ1) is 10.7. The summed E-state index contributed by atoms with van der Waals surface area (Å²) >= 11 is 0. The lowest BCUT2D eigenvalue weighted by molar-refractivity contribution is 1.43. The van der Waals surface area contributed by atoms with Crippen molar-refractivity contribution in [2.24, 2.45) is 0 Å². The lowest BCUT2D eigenvalue weighted by atomic mass is 10.1. The van der Waals surface area contributed by atoms with Crippen LogP contribution in [0.25, 0.3) is 0 Å². The first-order valence-electron chi connectivity index (χ1n) is 5.10. The van der Waals surface area contributed by atoms with Gasteiger partial charge in [0, 0.05) is 5.69 Å². The average Bonchev–Trinajstić information content (AvgIpc) is 2.40. The molecule has 0 unspecified atom stereocenters. The van der Waals surface area contributed by atoms with Crippen molar-refractivity contribution in [3.63, 3.8) is 0 Å². The summed E-state index contributed by atoms with van der Waals surface area (Å²) in [6.07, 6.45) is 0. The second-order valence-electron chi connectivity index (χ2n) is 3.47. The number of nitriles is 2. The normalized spacial score (nSPS) is 9.06. The molecule has 0 heterocycles. The SMILES string of the molecule is N#Cc1ccc(Nc2ccccc2)c(C#N)c1. The molecule has 0 aliphatic heterocycles. The van der Waals surface area contributed by atoms with Gasteiger partial charge in [0.05, 0.1) is 22.9 Å². The molecular weight excluding hydrogens is 210 g/mol. The number of para-hydroxylation sites is 1. The van der Waals surface area contributed by atoms with Gasteiger partial charge in [0.15, 0.2) is 0 Å². The van der Waals surface area contributed by atoms with E-state index in [1.807, 2.05) is 36.4 Å². The highest BCUT2D eigenvalue weighted by atomic mass is 14.9. The fraction of sp³-hybridized carbons (Fsp3) is 0. The summed E-state index contributed by atoms with van der Waals surface area (Å²) < 4.78 is 0. The van der Waals surface area contributed by atoms with Crippen molar-refractivity contribution in [3.8, 4) is 12.1 Å². The van der Waals surface area contributed by atoms with E-state index in [4.69, 9.17) is 10.5 Å². The Balaban J connectivity index is 2.35. The van der Waals surface area contributed by atoms with Crippen LogP contribution in [-0.4, -0.2) is 0 Å². The van der Waals surface area contributed by atoms with Gasteiger partial charge < -0.3 is 5.32 Å². The molecule has 0 aliphatic rings. The Morgan fingerprint density at radius 1 is 0.882 bits per heavy atom. The summed E-state index contributed by atoms with van der Waals surface area (Å²) in [6, 6.07) is 18.7. The van der Waals surface area contributed by atoms with Gasteiger partial charge in [-0.2, -0.15) is 10.5 Å². The summed E-state index contributed by atoms with van der Waals surface area (Å²) in [4.78, 5) is 0. The third kappa shape index (κ3) is 2.42. The van der Waals surface area contributed by atoms with E-state index in [0.717, 1.165) is 5.69 Å². The molecular formula is C14H9N3. The second kappa shape index (κ2) is 4.83. The van der Waals surface area contributed by atoms with Crippen molar-refractivity contribution in [1.29, 1.82) is 10.5 Å². The summed E-state index contributed by atoms with van der Waals surface area (Å²) in [6.45, 7) is 0. The molecule has 0 aromatic heterocycles. The zero-order valence-corrected chi connectivity index (χ0v) is 9.01. The monoisotopic (exact) mass is 219 g/mol. The van der Waals surface area contributed by atoms with Gasteiger partial charge in [-0.05, 0) is 30.3 Å². The molecule has 3 nitrogen and oxygen atoms in total. The third-order valence-corrected chi connectivity index (χ3v) is 2.32. The highest BCUT2D eigenvalue weighted by molar-refractivity contribution is 5.67. The highest BCUT2D eigenvalue weighted by Crippen LogP contribution is 2.21. The maximum Gasteiger partial charge on any atom is 0.101 e. The minimum atomic E-state index is 0.466. The Bertz CT molecular complexity index is 604. The Morgan fingerprint density at radius 2 is 1.65 bits per heavy atom. The van der Waals surface area contributed by atoms with Crippen LogP contribution in [0.5, 0.6) is 0 Å². The Kier molecular flexibility index (Phi) is 3.05. The number of nitrogens with one attached hydrogen (secondary N) is 1. The molecule has 2 aromatic carbocycles. The van der Waals surface area contributed by atoms with Gasteiger partial charge in [-0.3, -0.25) is 0 Å². The fourth-order valence-electron chi connectivity index (χ4n) is 1.49. The molecule has 0 fully saturated rings. The minimum Gasteiger partial charge on any atom is -0.354 e. The molecule has 2 rings (SSSR count). The molecule has 0 bridgehead atoms. The number of benzene rings is 2. The van der Waals surface area contributed by atoms with Gasteiger partial charge in [-0.25, -0.2) is 0 Å². The molecule has 0 aliphatic carbocycles. The van der Waals surface area contributed by atoms with Crippen LogP contribution in [0.15, 0.2) is 48.5 Å². The van der Waals surface area contributed by atoms with Gasteiger partial charge in [0.1, 0.15) is 6.07 Å². The van der Waals surface area contributed by atoms with Gasteiger partial charge in [-0.15, -0.1) is 0 Å². The van der Waals surface area contributed by atoms with E-state index in [-0.39, 0.29) is 0 Å². The molecule has 0 atom stereocenters. The topological polar surface area (TPSA) is 59.6 Å². The van der Waals surface area contributed by atoms with Crippen LogP contribution >= 0.6 is 0 Å². The minimum absolute atomic E-state index is 0.466. The summed E-state index contributed by atoms with van der Waals surface area (Å²) in [5, 5.41) is 20.9. The van der Waals surface area contributed by atoms with E-state index in [1.165, 1.54) is 0 Å². The number of hydrogen-bond donors (Lipinski definition) is 1. The zero-order chi connectivity index (χ0) is 12.1. The van der Waals surface area contributed by atoms with Crippen molar-refractivity contribution >= 4 is 11.4 Å². The molecule has 2 aromatic rings. The van der Waals surface area contributed by atoms with Gasteiger partial charge >= 0.3 is 0 Å². The average molecular weight is 219 g/mol. The Morgan fingerprint density at radius 3 is 2.29 bits per heavy atom. The lowest BCUT2D eigenvalue weighted by Gasteiger charge is -2.07. The predicted octanol–water partition coefficient (Wildman–Crippen LogP) is 3.17. The standard InChI is InChI=1S/C14H9N3/c15-9-11-6-7-14(12(8-11)10-16)17-13-4-2-1-3-5-13/h1-8,17H. The van der Waals surface area contributed by atoms with Crippen LogP contribution in [0.2, 0.25) is 0 Å². The smallest absolute Gasteiger partial charge is 0.101 e. The van der Waals surface area contributed by atoms with E-state index in [0.29, 0.717) is 16.8 Å². The zero-order valence-electron chi connectivity index (χ0n) is 9.01. The van der Waals surface area contributed by atoms with E-state index in [2.05, 4.69) is 11.4 Å². The molecule has 0 spiro atoms. The molecule has 0 amide bonds. The molecule has 80 valence electrons. The van der Waals surface area contributed by atoms with Gasteiger partial charge in [-0.1, -0.05) is 18.2 Å². The molecule has 1 N–H and O–H groups in total. The molecule has 3 heteroatoms. The van der Waals surface area contributed by atoms with Crippen molar-refractivity contribution in [1.82, 2.24) is 0 Å². The fourth-order valence-corrected chi connectivity index (χ4v) is 1.49. The maximum absolute atomic E-state index is 9.02. The van der Waals surface area contributed by atoms with Crippen LogP contribution in [-0.2, 0) is 0 Å². The summed E-state index contributed by atoms with van der Waals surface area (Å²) in [5.41, 5.74) is 2.57. The first-order chi connectivity index (χ1) is 8.33. The van der Waals surface area contributed by atoms with Crippen molar-refractivity contribution < 1.29 is 0 Å². The highest BCUT2D eigenvalue weighted by Gasteiger charge is 2.03. The summed E-state index contributed by atoms with van der Waals surface area (Å²) in [7, 11) is 0. The van der Waals surface area contributed by atoms with E-state index >= 15 is 0 Å². The van der Waals surface area contributed by atoms with Crippen LogP contribution in [0.3, 0.4) is 0 Å². The van der Waals surface area contributed by atoms with Crippen LogP contribution in [0.4, 0.5) is 11.4 Å². The number of nitrogens with zero attached hydrogens (tertiary/aromatic N) is 2. The molecule has 0 saturated heterocycles. The predicted molar refractivity (Wildman–Crippen MR) is 65.6 cm³/mol. The number of anilines is 2. The lowest BCUT2D eigenvalue weighted by Crippen LogP contribution is -1.93. The van der Waals surface area contributed by atoms with Crippen molar-refractivity contribution in [3.05, 3.63) is 59.7 Å². The molecule has 17 heavy (non-hydrogen) atoms. The quantitative estimate of drug-likeness (QED) is 0.843. The van der Waals surface area contributed by atoms with Crippen LogP contribution < -0.4 is 5.32 Å². The van der Waals surface area contributed by atoms with Crippen LogP contribution in [0, 0.1) is 22.7 Å². The Hall–Kier alpha value is -2.78. The largest absolute Gasteiger partial charge is 0.354 e. The summed E-state index contributed by atoms with van der Waals surface area (Å²) in [5.74, 6) is 0. The van der Waals surface area contributed by atoms with Gasteiger partial charge in [0.2, 0.25) is 0 Å². The first-order valence-corrected chi connectivity index (χ1v) is 5.10. The third-order valence-electron chi connectivity index (χ3n) is 2.32. The van der Waals surface area contributed by atoms with Crippen LogP contribution in [0.1, 0.15) is 11.1 Å². The van der Waals surface area contributed by atoms with E-state index < -0.39 is 0 Å². The Labute approximate surface area is 99.6 Å². The van der Waals surface area contributed by atoms with Gasteiger partial charge in [0.25, 0.3) is 0 Å². The van der Waals surface area contributed by atoms with E-state index in [1.54, 1.807) is 18.2 Å². The maximum atomic E-state index is 9.02. The van der Waals surface area contributed by atoms with Crippen molar-refractivity contribution in [2.45, 2.75) is 0 Å². The van der Waals surface area contributed by atoms with E-state index in [9.17, 15) is 0 Å². The number of hydrogen-bond acceptors (Lipinski definition) is 3. The second-order valence-corrected chi connectivity index (χ2v) is 3.47.